The third-order valence-electron chi connectivity index (χ3n) is 3.12. The maximum absolute atomic E-state index is 12.3. The van der Waals surface area contributed by atoms with Crippen LogP contribution in [0.1, 0.15) is 16.7 Å². The third-order valence-corrected chi connectivity index (χ3v) is 3.12. The minimum absolute atomic E-state index is 0.0205. The van der Waals surface area contributed by atoms with Crippen molar-refractivity contribution in [1.29, 1.82) is 0 Å². The Morgan fingerprint density at radius 2 is 2.19 bits per heavy atom. The number of halogens is 1. The molecule has 0 amide bonds. The van der Waals surface area contributed by atoms with Crippen LogP contribution in [0.3, 0.4) is 0 Å². The molecule has 0 spiro atoms. The summed E-state index contributed by atoms with van der Waals surface area (Å²) in [6, 6.07) is 3.88. The van der Waals surface area contributed by atoms with Crippen molar-refractivity contribution in [3.8, 4) is 0 Å². The predicted octanol–water partition coefficient (Wildman–Crippen LogP) is 1.09. The molecule has 0 radical (unpaired) electrons. The summed E-state index contributed by atoms with van der Waals surface area (Å²) in [6.45, 7) is 1.80. The second kappa shape index (κ2) is 4.80. The molecule has 0 aliphatic carbocycles. The van der Waals surface area contributed by atoms with Gasteiger partial charge in [0, 0.05) is 30.9 Å². The van der Waals surface area contributed by atoms with Crippen molar-refractivity contribution in [3.05, 3.63) is 28.8 Å². The summed E-state index contributed by atoms with van der Waals surface area (Å²) in [5.74, 6) is 0. The summed E-state index contributed by atoms with van der Waals surface area (Å²) in [6.07, 6.45) is 0.905. The Balaban J connectivity index is 2.22. The fraction of sp³-hybridized carbons (Fsp3) is 0.500. The molecule has 1 aliphatic heterocycles. The number of fused-ring (bicyclic) bond motifs is 1. The minimum Gasteiger partial charge on any atom is -0.398 e. The molecule has 2 rings (SSSR count). The van der Waals surface area contributed by atoms with Crippen molar-refractivity contribution in [2.24, 2.45) is 0 Å². The van der Waals surface area contributed by atoms with Gasteiger partial charge in [-0.15, -0.1) is 0 Å². The molecular weight excluding hydrogens is 207 g/mol. The number of nitrogens with zero attached hydrogens (tertiary/aromatic N) is 1. The molecule has 3 nitrogen and oxygen atoms in total. The molecule has 1 heterocycles. The van der Waals surface area contributed by atoms with Crippen molar-refractivity contribution in [2.75, 3.05) is 25.5 Å². The van der Waals surface area contributed by atoms with E-state index in [0.29, 0.717) is 12.2 Å². The SMILES string of the molecule is Nc1cc2c(cc1CO)CCN(CCF)C2. The number of hydrogen-bond donors (Lipinski definition) is 2. The quantitative estimate of drug-likeness (QED) is 0.756. The second-order valence-corrected chi connectivity index (χ2v) is 4.19. The van der Waals surface area contributed by atoms with Gasteiger partial charge in [-0.1, -0.05) is 6.07 Å². The summed E-state index contributed by atoms with van der Waals surface area (Å²) < 4.78 is 12.3. The smallest absolute Gasteiger partial charge is 0.102 e. The van der Waals surface area contributed by atoms with E-state index < -0.39 is 0 Å². The lowest BCUT2D eigenvalue weighted by molar-refractivity contribution is 0.230. The number of rotatable bonds is 3. The standard InChI is InChI=1S/C12H17FN2O/c13-2-4-15-3-1-9-5-11(8-16)12(14)6-10(9)7-15/h5-6,16H,1-4,7-8,14H2. The lowest BCUT2D eigenvalue weighted by Gasteiger charge is -2.28. The fourth-order valence-corrected chi connectivity index (χ4v) is 2.19. The molecule has 1 aromatic carbocycles. The Bertz CT molecular complexity index is 382. The zero-order valence-corrected chi connectivity index (χ0v) is 9.25. The Labute approximate surface area is 94.7 Å². The van der Waals surface area contributed by atoms with Crippen LogP contribution < -0.4 is 5.73 Å². The van der Waals surface area contributed by atoms with Gasteiger partial charge in [0.25, 0.3) is 0 Å². The number of aliphatic hydroxyl groups excluding tert-OH is 1. The van der Waals surface area contributed by atoms with E-state index in [4.69, 9.17) is 10.8 Å². The van der Waals surface area contributed by atoms with Gasteiger partial charge in [0.15, 0.2) is 0 Å². The van der Waals surface area contributed by atoms with Gasteiger partial charge in [0.2, 0.25) is 0 Å². The molecule has 3 N–H and O–H groups in total. The molecule has 0 aromatic heterocycles. The van der Waals surface area contributed by atoms with E-state index in [2.05, 4.69) is 4.90 Å². The summed E-state index contributed by atoms with van der Waals surface area (Å²) in [4.78, 5) is 2.08. The van der Waals surface area contributed by atoms with Crippen LogP contribution in [0.15, 0.2) is 12.1 Å². The molecule has 0 saturated heterocycles. The molecule has 88 valence electrons. The van der Waals surface area contributed by atoms with Crippen LogP contribution in [0.5, 0.6) is 0 Å². The first-order chi connectivity index (χ1) is 7.74. The van der Waals surface area contributed by atoms with Crippen molar-refractivity contribution >= 4 is 5.69 Å². The van der Waals surface area contributed by atoms with Crippen molar-refractivity contribution in [2.45, 2.75) is 19.6 Å². The first-order valence-electron chi connectivity index (χ1n) is 5.54. The first-order valence-corrected chi connectivity index (χ1v) is 5.54. The predicted molar refractivity (Wildman–Crippen MR) is 61.7 cm³/mol. The molecule has 0 saturated carbocycles. The number of nitrogen functional groups attached to an aromatic ring is 1. The number of nitrogens with two attached hydrogens (primary N) is 1. The lowest BCUT2D eigenvalue weighted by atomic mass is 9.96. The summed E-state index contributed by atoms with van der Waals surface area (Å²) in [7, 11) is 0. The first kappa shape index (κ1) is 11.4. The molecule has 1 aliphatic rings. The molecule has 0 fully saturated rings. The molecule has 1 aromatic rings. The van der Waals surface area contributed by atoms with Gasteiger partial charge in [0.05, 0.1) is 6.61 Å². The van der Waals surface area contributed by atoms with Gasteiger partial charge in [-0.3, -0.25) is 4.90 Å². The molecule has 4 heteroatoms. The van der Waals surface area contributed by atoms with Gasteiger partial charge in [-0.25, -0.2) is 4.39 Å². The van der Waals surface area contributed by atoms with Crippen LogP contribution in [0, 0.1) is 0 Å². The van der Waals surface area contributed by atoms with Gasteiger partial charge >= 0.3 is 0 Å². The molecule has 0 atom stereocenters. The van der Waals surface area contributed by atoms with Gasteiger partial charge in [-0.2, -0.15) is 0 Å². The molecule has 16 heavy (non-hydrogen) atoms. The maximum Gasteiger partial charge on any atom is 0.102 e. The number of alkyl halides is 1. The molecular formula is C12H17FN2O. The Hall–Kier alpha value is -1.13. The highest BCUT2D eigenvalue weighted by atomic mass is 19.1. The van der Waals surface area contributed by atoms with E-state index in [1.807, 2.05) is 12.1 Å². The number of anilines is 1. The van der Waals surface area contributed by atoms with Crippen LogP contribution in [0.25, 0.3) is 0 Å². The average molecular weight is 224 g/mol. The fourth-order valence-electron chi connectivity index (χ4n) is 2.19. The van der Waals surface area contributed by atoms with Crippen LogP contribution in [0.4, 0.5) is 10.1 Å². The Morgan fingerprint density at radius 1 is 1.38 bits per heavy atom. The Morgan fingerprint density at radius 3 is 2.88 bits per heavy atom. The number of benzene rings is 1. The van der Waals surface area contributed by atoms with Gasteiger partial charge in [-0.05, 0) is 23.6 Å². The van der Waals surface area contributed by atoms with Gasteiger partial charge < -0.3 is 10.8 Å². The summed E-state index contributed by atoms with van der Waals surface area (Å²) in [5, 5.41) is 9.12. The van der Waals surface area contributed by atoms with E-state index in [9.17, 15) is 4.39 Å². The largest absolute Gasteiger partial charge is 0.398 e. The van der Waals surface area contributed by atoms with Gasteiger partial charge in [0.1, 0.15) is 6.67 Å². The highest BCUT2D eigenvalue weighted by Gasteiger charge is 2.17. The van der Waals surface area contributed by atoms with Crippen molar-refractivity contribution in [3.63, 3.8) is 0 Å². The van der Waals surface area contributed by atoms with E-state index >= 15 is 0 Å². The number of hydrogen-bond acceptors (Lipinski definition) is 3. The normalized spacial score (nSPS) is 16.1. The maximum atomic E-state index is 12.3. The van der Waals surface area contributed by atoms with Crippen molar-refractivity contribution in [1.82, 2.24) is 4.90 Å². The van der Waals surface area contributed by atoms with Crippen LogP contribution in [-0.2, 0) is 19.6 Å². The lowest BCUT2D eigenvalue weighted by Crippen LogP contribution is -2.32. The zero-order valence-electron chi connectivity index (χ0n) is 9.25. The summed E-state index contributed by atoms with van der Waals surface area (Å²) >= 11 is 0. The topological polar surface area (TPSA) is 49.5 Å². The molecule has 0 bridgehead atoms. The molecule has 0 unspecified atom stereocenters. The second-order valence-electron chi connectivity index (χ2n) is 4.19. The highest BCUT2D eigenvalue weighted by Crippen LogP contribution is 2.24. The van der Waals surface area contributed by atoms with E-state index in [1.54, 1.807) is 0 Å². The highest BCUT2D eigenvalue weighted by molar-refractivity contribution is 5.52. The van der Waals surface area contributed by atoms with E-state index in [1.165, 1.54) is 5.56 Å². The average Bonchev–Trinajstić information content (AvgIpc) is 2.28. The van der Waals surface area contributed by atoms with E-state index in [-0.39, 0.29) is 13.3 Å². The van der Waals surface area contributed by atoms with Crippen LogP contribution >= 0.6 is 0 Å². The zero-order chi connectivity index (χ0) is 11.5. The van der Waals surface area contributed by atoms with E-state index in [0.717, 1.165) is 30.6 Å². The minimum atomic E-state index is -0.306. The summed E-state index contributed by atoms with van der Waals surface area (Å²) in [5.41, 5.74) is 9.63. The number of aliphatic hydroxyl groups is 1. The third kappa shape index (κ3) is 2.18. The van der Waals surface area contributed by atoms with Crippen LogP contribution in [0.2, 0.25) is 0 Å². The van der Waals surface area contributed by atoms with Crippen molar-refractivity contribution < 1.29 is 9.50 Å². The van der Waals surface area contributed by atoms with Crippen LogP contribution in [-0.4, -0.2) is 29.8 Å². The monoisotopic (exact) mass is 224 g/mol. The Kier molecular flexibility index (Phi) is 3.41.